The van der Waals surface area contributed by atoms with Crippen molar-refractivity contribution in [3.05, 3.63) is 0 Å². The van der Waals surface area contributed by atoms with Crippen molar-refractivity contribution in [3.8, 4) is 0 Å². The lowest BCUT2D eigenvalue weighted by Gasteiger charge is -2.30. The third-order valence-electron chi connectivity index (χ3n) is 4.08. The van der Waals surface area contributed by atoms with Gasteiger partial charge in [-0.3, -0.25) is 4.79 Å². The average molecular weight is 254 g/mol. The summed E-state index contributed by atoms with van der Waals surface area (Å²) in [5, 5.41) is 3.53. The summed E-state index contributed by atoms with van der Waals surface area (Å²) in [6, 6.07) is 0.553. The van der Waals surface area contributed by atoms with Gasteiger partial charge in [-0.15, -0.1) is 0 Å². The molecule has 4 atom stereocenters. The maximum Gasteiger partial charge on any atom is 0.311 e. The van der Waals surface area contributed by atoms with E-state index in [4.69, 9.17) is 10.5 Å². The van der Waals surface area contributed by atoms with Gasteiger partial charge in [-0.25, -0.2) is 0 Å². The molecule has 0 aromatic rings. The van der Waals surface area contributed by atoms with Crippen molar-refractivity contribution < 1.29 is 9.53 Å². The number of carbonyl (C=O) groups is 1. The molecule has 2 rings (SSSR count). The molecule has 4 heteroatoms. The van der Waals surface area contributed by atoms with Crippen LogP contribution in [0.2, 0.25) is 0 Å². The van der Waals surface area contributed by atoms with Crippen LogP contribution in [0.15, 0.2) is 0 Å². The molecule has 1 saturated heterocycles. The lowest BCUT2D eigenvalue weighted by atomic mass is 9.78. The van der Waals surface area contributed by atoms with Crippen LogP contribution in [0.25, 0.3) is 0 Å². The summed E-state index contributed by atoms with van der Waals surface area (Å²) >= 11 is 0. The zero-order valence-electron chi connectivity index (χ0n) is 11.7. The van der Waals surface area contributed by atoms with E-state index < -0.39 is 5.60 Å². The normalized spacial score (nSPS) is 36.2. The molecule has 0 aromatic carbocycles. The molecule has 4 nitrogen and oxygen atoms in total. The molecular weight excluding hydrogens is 228 g/mol. The number of esters is 1. The van der Waals surface area contributed by atoms with Crippen molar-refractivity contribution in [2.75, 3.05) is 6.54 Å². The van der Waals surface area contributed by atoms with Gasteiger partial charge in [0.25, 0.3) is 0 Å². The van der Waals surface area contributed by atoms with Gasteiger partial charge in [-0.2, -0.15) is 0 Å². The van der Waals surface area contributed by atoms with Crippen molar-refractivity contribution in [2.24, 2.45) is 17.6 Å². The fraction of sp³-hybridized carbons (Fsp3) is 0.929. The molecule has 0 aromatic heterocycles. The first-order valence-corrected chi connectivity index (χ1v) is 7.11. The Morgan fingerprint density at radius 2 is 2.00 bits per heavy atom. The van der Waals surface area contributed by atoms with E-state index in [9.17, 15) is 4.79 Å². The van der Waals surface area contributed by atoms with Crippen LogP contribution in [-0.2, 0) is 9.53 Å². The predicted molar refractivity (Wildman–Crippen MR) is 71.1 cm³/mol. The van der Waals surface area contributed by atoms with E-state index in [0.29, 0.717) is 18.5 Å². The monoisotopic (exact) mass is 254 g/mol. The highest BCUT2D eigenvalue weighted by Crippen LogP contribution is 2.38. The van der Waals surface area contributed by atoms with E-state index in [2.05, 4.69) is 5.32 Å². The van der Waals surface area contributed by atoms with Crippen molar-refractivity contribution >= 4 is 5.97 Å². The highest BCUT2D eigenvalue weighted by Gasteiger charge is 2.48. The Hall–Kier alpha value is -0.610. The standard InChI is InChI=1S/C14H26N2O2/c1-14(2,3)18-13(17)12-9-6-4-5-7-10(9)16-11(12)8-15/h9-12,16H,4-8,15H2,1-3H3. The number of carbonyl (C=O) groups excluding carboxylic acids is 1. The van der Waals surface area contributed by atoms with Crippen molar-refractivity contribution in [1.29, 1.82) is 0 Å². The van der Waals surface area contributed by atoms with Crippen LogP contribution in [0.3, 0.4) is 0 Å². The molecule has 2 aliphatic rings. The maximum atomic E-state index is 12.4. The first kappa shape index (κ1) is 13.8. The van der Waals surface area contributed by atoms with Crippen LogP contribution in [0.5, 0.6) is 0 Å². The third-order valence-corrected chi connectivity index (χ3v) is 4.08. The number of ether oxygens (including phenoxy) is 1. The van der Waals surface area contributed by atoms with Crippen LogP contribution in [0, 0.1) is 11.8 Å². The third kappa shape index (κ3) is 2.86. The SMILES string of the molecule is CC(C)(C)OC(=O)C1C(CN)NC2CCCCC21. The minimum Gasteiger partial charge on any atom is -0.460 e. The Balaban J connectivity index is 2.10. The molecule has 0 radical (unpaired) electrons. The Labute approximate surface area is 110 Å². The Morgan fingerprint density at radius 3 is 2.61 bits per heavy atom. The molecule has 2 fully saturated rings. The van der Waals surface area contributed by atoms with E-state index in [-0.39, 0.29) is 17.9 Å². The molecule has 4 unspecified atom stereocenters. The maximum absolute atomic E-state index is 12.4. The zero-order chi connectivity index (χ0) is 13.3. The summed E-state index contributed by atoms with van der Waals surface area (Å²) in [7, 11) is 0. The summed E-state index contributed by atoms with van der Waals surface area (Å²) in [6.07, 6.45) is 4.77. The summed E-state index contributed by atoms with van der Waals surface area (Å²) in [5.41, 5.74) is 5.40. The van der Waals surface area contributed by atoms with Gasteiger partial charge in [0.1, 0.15) is 5.60 Å². The summed E-state index contributed by atoms with van der Waals surface area (Å²) < 4.78 is 5.57. The number of nitrogens with two attached hydrogens (primary N) is 1. The summed E-state index contributed by atoms with van der Waals surface area (Å²) in [6.45, 7) is 6.27. The molecule has 0 spiro atoms. The van der Waals surface area contributed by atoms with Crippen molar-refractivity contribution in [3.63, 3.8) is 0 Å². The number of fused-ring (bicyclic) bond motifs is 1. The molecule has 1 aliphatic heterocycles. The first-order chi connectivity index (χ1) is 8.42. The van der Waals surface area contributed by atoms with E-state index in [0.717, 1.165) is 6.42 Å². The van der Waals surface area contributed by atoms with Gasteiger partial charge in [0.15, 0.2) is 0 Å². The second kappa shape index (κ2) is 5.17. The van der Waals surface area contributed by atoms with Gasteiger partial charge < -0.3 is 15.8 Å². The largest absolute Gasteiger partial charge is 0.460 e. The topological polar surface area (TPSA) is 64.3 Å². The van der Waals surface area contributed by atoms with Gasteiger partial charge in [-0.1, -0.05) is 12.8 Å². The Morgan fingerprint density at radius 1 is 1.33 bits per heavy atom. The molecule has 1 saturated carbocycles. The van der Waals surface area contributed by atoms with Crippen LogP contribution in [0.4, 0.5) is 0 Å². The van der Waals surface area contributed by atoms with Gasteiger partial charge in [0.05, 0.1) is 5.92 Å². The van der Waals surface area contributed by atoms with Crippen molar-refractivity contribution in [2.45, 2.75) is 64.1 Å². The Bertz CT molecular complexity index is 311. The van der Waals surface area contributed by atoms with Crippen LogP contribution in [0.1, 0.15) is 46.5 Å². The zero-order valence-corrected chi connectivity index (χ0v) is 11.7. The van der Waals surface area contributed by atoms with Crippen LogP contribution >= 0.6 is 0 Å². The number of rotatable bonds is 2. The minimum atomic E-state index is -0.414. The highest BCUT2D eigenvalue weighted by molar-refractivity contribution is 5.75. The van der Waals surface area contributed by atoms with Gasteiger partial charge in [-0.05, 0) is 39.5 Å². The molecule has 18 heavy (non-hydrogen) atoms. The lowest BCUT2D eigenvalue weighted by molar-refractivity contribution is -0.162. The minimum absolute atomic E-state index is 0.0560. The van der Waals surface area contributed by atoms with Crippen molar-refractivity contribution in [1.82, 2.24) is 5.32 Å². The second-order valence-electron chi connectivity index (χ2n) is 6.62. The van der Waals surface area contributed by atoms with E-state index in [1.807, 2.05) is 20.8 Å². The van der Waals surface area contributed by atoms with Gasteiger partial charge in [0.2, 0.25) is 0 Å². The Kier molecular flexibility index (Phi) is 3.97. The fourth-order valence-corrected chi connectivity index (χ4v) is 3.40. The summed E-state index contributed by atoms with van der Waals surface area (Å²) in [5.74, 6) is 0.293. The fourth-order valence-electron chi connectivity index (χ4n) is 3.40. The van der Waals surface area contributed by atoms with Crippen LogP contribution < -0.4 is 11.1 Å². The quantitative estimate of drug-likeness (QED) is 0.732. The number of hydrogen-bond donors (Lipinski definition) is 2. The van der Waals surface area contributed by atoms with Crippen LogP contribution in [-0.4, -0.2) is 30.2 Å². The van der Waals surface area contributed by atoms with Gasteiger partial charge >= 0.3 is 5.97 Å². The molecule has 0 bridgehead atoms. The lowest BCUT2D eigenvalue weighted by Crippen LogP contribution is -2.42. The number of nitrogens with one attached hydrogen (secondary N) is 1. The summed E-state index contributed by atoms with van der Waals surface area (Å²) in [4.78, 5) is 12.4. The average Bonchev–Trinajstić information content (AvgIpc) is 2.64. The highest BCUT2D eigenvalue weighted by atomic mass is 16.6. The van der Waals surface area contributed by atoms with Gasteiger partial charge in [0, 0.05) is 18.6 Å². The molecule has 1 heterocycles. The second-order valence-corrected chi connectivity index (χ2v) is 6.62. The smallest absolute Gasteiger partial charge is 0.311 e. The van der Waals surface area contributed by atoms with E-state index >= 15 is 0 Å². The van der Waals surface area contributed by atoms with E-state index in [1.54, 1.807) is 0 Å². The first-order valence-electron chi connectivity index (χ1n) is 7.11. The molecule has 0 amide bonds. The molecule has 1 aliphatic carbocycles. The molecule has 3 N–H and O–H groups in total. The number of hydrogen-bond acceptors (Lipinski definition) is 4. The van der Waals surface area contributed by atoms with E-state index in [1.165, 1.54) is 19.3 Å². The predicted octanol–water partition coefficient (Wildman–Crippen LogP) is 1.43. The molecular formula is C14H26N2O2. The molecule has 104 valence electrons.